The summed E-state index contributed by atoms with van der Waals surface area (Å²) < 4.78 is 19.2. The summed E-state index contributed by atoms with van der Waals surface area (Å²) >= 11 is 0. The number of ether oxygens (including phenoxy) is 1. The fourth-order valence-corrected chi connectivity index (χ4v) is 2.72. The molecule has 1 fully saturated rings. The van der Waals surface area contributed by atoms with Crippen molar-refractivity contribution in [3.8, 4) is 11.6 Å². The summed E-state index contributed by atoms with van der Waals surface area (Å²) in [6, 6.07) is 6.18. The second-order valence-corrected chi connectivity index (χ2v) is 5.64. The van der Waals surface area contributed by atoms with Gasteiger partial charge in [-0.25, -0.2) is 9.37 Å². The van der Waals surface area contributed by atoms with E-state index in [1.807, 2.05) is 0 Å². The van der Waals surface area contributed by atoms with Crippen molar-refractivity contribution in [2.75, 3.05) is 23.7 Å². The van der Waals surface area contributed by atoms with E-state index in [0.29, 0.717) is 17.4 Å². The molecule has 1 aliphatic rings. The first-order valence-corrected chi connectivity index (χ1v) is 7.43. The summed E-state index contributed by atoms with van der Waals surface area (Å²) in [4.78, 5) is 10.5. The number of para-hydroxylation sites is 1. The lowest BCUT2D eigenvalue weighted by molar-refractivity contribution is 0.425. The normalized spacial score (nSPS) is 18.3. The van der Waals surface area contributed by atoms with Gasteiger partial charge < -0.3 is 15.4 Å². The Bertz CT molecular complexity index is 664. The van der Waals surface area contributed by atoms with Crippen molar-refractivity contribution in [2.24, 2.45) is 5.92 Å². The lowest BCUT2D eigenvalue weighted by atomic mass is 10.0. The molecule has 0 amide bonds. The fourth-order valence-electron chi connectivity index (χ4n) is 2.72. The SMILES string of the molecule is C[C@@H]1CCCN(c2ncnc(Oc3ccccc3F)c2N)C1. The van der Waals surface area contributed by atoms with Crippen LogP contribution in [0.15, 0.2) is 30.6 Å². The van der Waals surface area contributed by atoms with Crippen molar-refractivity contribution >= 4 is 11.5 Å². The molecule has 1 aromatic heterocycles. The third-order valence-electron chi connectivity index (χ3n) is 3.83. The molecule has 6 heteroatoms. The predicted octanol–water partition coefficient (Wildman–Crippen LogP) is 3.23. The molecule has 1 saturated heterocycles. The highest BCUT2D eigenvalue weighted by Crippen LogP contribution is 2.33. The van der Waals surface area contributed by atoms with Crippen LogP contribution in [0.3, 0.4) is 0 Å². The Balaban J connectivity index is 1.87. The van der Waals surface area contributed by atoms with Gasteiger partial charge in [-0.2, -0.15) is 4.98 Å². The Kier molecular flexibility index (Phi) is 4.09. The molecule has 0 aliphatic carbocycles. The smallest absolute Gasteiger partial charge is 0.248 e. The fraction of sp³-hybridized carbons (Fsp3) is 0.375. The van der Waals surface area contributed by atoms with E-state index in [1.54, 1.807) is 18.2 Å². The van der Waals surface area contributed by atoms with Gasteiger partial charge >= 0.3 is 0 Å². The summed E-state index contributed by atoms with van der Waals surface area (Å²) in [5.74, 6) is 1.10. The molecule has 2 aromatic rings. The van der Waals surface area contributed by atoms with Crippen molar-refractivity contribution in [3.05, 3.63) is 36.4 Å². The largest absolute Gasteiger partial charge is 0.434 e. The molecular formula is C16H19FN4O. The van der Waals surface area contributed by atoms with E-state index >= 15 is 0 Å². The summed E-state index contributed by atoms with van der Waals surface area (Å²) in [5, 5.41) is 0. The number of piperidine rings is 1. The maximum Gasteiger partial charge on any atom is 0.248 e. The number of benzene rings is 1. The Hall–Kier alpha value is -2.37. The molecular weight excluding hydrogens is 283 g/mol. The molecule has 2 heterocycles. The highest BCUT2D eigenvalue weighted by Gasteiger charge is 2.22. The van der Waals surface area contributed by atoms with Crippen LogP contribution >= 0.6 is 0 Å². The Labute approximate surface area is 128 Å². The number of aromatic nitrogens is 2. The van der Waals surface area contributed by atoms with Crippen LogP contribution in [0.4, 0.5) is 15.9 Å². The number of nitrogens with two attached hydrogens (primary N) is 1. The maximum atomic E-state index is 13.7. The Morgan fingerprint density at radius 3 is 2.91 bits per heavy atom. The molecule has 0 unspecified atom stereocenters. The third kappa shape index (κ3) is 2.95. The molecule has 1 aliphatic heterocycles. The van der Waals surface area contributed by atoms with Gasteiger partial charge in [0.25, 0.3) is 0 Å². The van der Waals surface area contributed by atoms with Gasteiger partial charge in [0.2, 0.25) is 5.88 Å². The van der Waals surface area contributed by atoms with E-state index in [-0.39, 0.29) is 11.6 Å². The number of hydrogen-bond acceptors (Lipinski definition) is 5. The highest BCUT2D eigenvalue weighted by molar-refractivity contribution is 5.68. The van der Waals surface area contributed by atoms with Crippen LogP contribution in [-0.2, 0) is 0 Å². The lowest BCUT2D eigenvalue weighted by Crippen LogP contribution is -2.35. The van der Waals surface area contributed by atoms with Crippen LogP contribution in [-0.4, -0.2) is 23.1 Å². The van der Waals surface area contributed by atoms with Crippen LogP contribution in [0.2, 0.25) is 0 Å². The molecule has 0 spiro atoms. The highest BCUT2D eigenvalue weighted by atomic mass is 19.1. The molecule has 3 rings (SSSR count). The molecule has 0 bridgehead atoms. The first-order chi connectivity index (χ1) is 10.6. The summed E-state index contributed by atoms with van der Waals surface area (Å²) in [6.45, 7) is 4.02. The van der Waals surface area contributed by atoms with Gasteiger partial charge in [-0.1, -0.05) is 19.1 Å². The lowest BCUT2D eigenvalue weighted by Gasteiger charge is -2.32. The average Bonchev–Trinajstić information content (AvgIpc) is 2.51. The summed E-state index contributed by atoms with van der Waals surface area (Å²) in [7, 11) is 0. The number of nitrogens with zero attached hydrogens (tertiary/aromatic N) is 3. The van der Waals surface area contributed by atoms with Gasteiger partial charge in [0.05, 0.1) is 0 Å². The maximum absolute atomic E-state index is 13.7. The van der Waals surface area contributed by atoms with E-state index < -0.39 is 5.82 Å². The average molecular weight is 302 g/mol. The van der Waals surface area contributed by atoms with E-state index in [0.717, 1.165) is 19.5 Å². The predicted molar refractivity (Wildman–Crippen MR) is 83.5 cm³/mol. The van der Waals surface area contributed by atoms with E-state index in [4.69, 9.17) is 10.5 Å². The van der Waals surface area contributed by atoms with Gasteiger partial charge in [-0.05, 0) is 30.9 Å². The number of anilines is 2. The molecule has 2 N–H and O–H groups in total. The van der Waals surface area contributed by atoms with Gasteiger partial charge in [0.1, 0.15) is 12.0 Å². The minimum Gasteiger partial charge on any atom is -0.434 e. The molecule has 0 radical (unpaired) electrons. The number of halogens is 1. The standard InChI is InChI=1S/C16H19FN4O/c1-11-5-4-8-21(9-11)15-14(18)16(20-10-19-15)22-13-7-3-2-6-12(13)17/h2-3,6-7,10-11H,4-5,8-9,18H2,1H3/t11-/m1/s1. The van der Waals surface area contributed by atoms with Crippen LogP contribution in [0.1, 0.15) is 19.8 Å². The zero-order valence-corrected chi connectivity index (χ0v) is 12.5. The van der Waals surface area contributed by atoms with Gasteiger partial charge in [-0.15, -0.1) is 0 Å². The van der Waals surface area contributed by atoms with Gasteiger partial charge in [-0.3, -0.25) is 0 Å². The first-order valence-electron chi connectivity index (χ1n) is 7.43. The van der Waals surface area contributed by atoms with Gasteiger partial charge in [0.15, 0.2) is 17.4 Å². The topological polar surface area (TPSA) is 64.3 Å². The Morgan fingerprint density at radius 1 is 1.32 bits per heavy atom. The number of nitrogen functional groups attached to an aromatic ring is 1. The zero-order chi connectivity index (χ0) is 15.5. The third-order valence-corrected chi connectivity index (χ3v) is 3.83. The van der Waals surface area contributed by atoms with Crippen molar-refractivity contribution in [2.45, 2.75) is 19.8 Å². The monoisotopic (exact) mass is 302 g/mol. The Morgan fingerprint density at radius 2 is 2.14 bits per heavy atom. The summed E-state index contributed by atoms with van der Waals surface area (Å²) in [5.41, 5.74) is 6.49. The van der Waals surface area contributed by atoms with Crippen LogP contribution in [0.5, 0.6) is 11.6 Å². The first kappa shape index (κ1) is 14.6. The van der Waals surface area contributed by atoms with E-state index in [1.165, 1.54) is 18.8 Å². The van der Waals surface area contributed by atoms with E-state index in [9.17, 15) is 4.39 Å². The minimum absolute atomic E-state index is 0.103. The quantitative estimate of drug-likeness (QED) is 0.943. The van der Waals surface area contributed by atoms with Crippen molar-refractivity contribution in [3.63, 3.8) is 0 Å². The molecule has 1 atom stereocenters. The second kappa shape index (κ2) is 6.17. The number of hydrogen-bond donors (Lipinski definition) is 1. The molecule has 1 aromatic carbocycles. The molecule has 5 nitrogen and oxygen atoms in total. The van der Waals surface area contributed by atoms with Crippen LogP contribution in [0, 0.1) is 11.7 Å². The molecule has 116 valence electrons. The summed E-state index contributed by atoms with van der Waals surface area (Å²) in [6.07, 6.45) is 3.72. The van der Waals surface area contributed by atoms with Crippen LogP contribution in [0.25, 0.3) is 0 Å². The number of rotatable bonds is 3. The zero-order valence-electron chi connectivity index (χ0n) is 12.5. The second-order valence-electron chi connectivity index (χ2n) is 5.64. The van der Waals surface area contributed by atoms with Crippen molar-refractivity contribution in [1.82, 2.24) is 9.97 Å². The molecule has 0 saturated carbocycles. The minimum atomic E-state index is -0.450. The van der Waals surface area contributed by atoms with Crippen molar-refractivity contribution < 1.29 is 9.13 Å². The van der Waals surface area contributed by atoms with Gasteiger partial charge in [0, 0.05) is 13.1 Å². The van der Waals surface area contributed by atoms with E-state index in [2.05, 4.69) is 21.8 Å². The van der Waals surface area contributed by atoms with Crippen molar-refractivity contribution in [1.29, 1.82) is 0 Å². The molecule has 22 heavy (non-hydrogen) atoms. The van der Waals surface area contributed by atoms with Crippen LogP contribution < -0.4 is 15.4 Å².